The predicted octanol–water partition coefficient (Wildman–Crippen LogP) is 4.50. The van der Waals surface area contributed by atoms with Crippen molar-refractivity contribution in [1.29, 1.82) is 0 Å². The molecule has 0 aliphatic heterocycles. The highest BCUT2D eigenvalue weighted by Crippen LogP contribution is 2.36. The zero-order valence-electron chi connectivity index (χ0n) is 16.9. The van der Waals surface area contributed by atoms with Gasteiger partial charge in [-0.15, -0.1) is 0 Å². The topological polar surface area (TPSA) is 62.5 Å². The summed E-state index contributed by atoms with van der Waals surface area (Å²) in [7, 11) is 3.90. The molecule has 1 aliphatic carbocycles. The van der Waals surface area contributed by atoms with Crippen molar-refractivity contribution in [3.05, 3.63) is 76.3 Å². The molecule has 1 aliphatic rings. The van der Waals surface area contributed by atoms with Crippen LogP contribution in [0.2, 0.25) is 0 Å². The van der Waals surface area contributed by atoms with Gasteiger partial charge in [0.15, 0.2) is 0 Å². The number of anilines is 1. The Morgan fingerprint density at radius 1 is 1.07 bits per heavy atom. The summed E-state index contributed by atoms with van der Waals surface area (Å²) < 4.78 is 15.1. The number of pyridine rings is 1. The third kappa shape index (κ3) is 3.85. The van der Waals surface area contributed by atoms with E-state index in [4.69, 9.17) is 0 Å². The molecule has 5 nitrogen and oxygen atoms in total. The minimum Gasteiger partial charge on any atom is -0.477 e. The minimum absolute atomic E-state index is 0.274. The van der Waals surface area contributed by atoms with Gasteiger partial charge in [-0.1, -0.05) is 24.3 Å². The van der Waals surface area contributed by atoms with Gasteiger partial charge in [0, 0.05) is 31.9 Å². The molecule has 3 aromatic rings. The summed E-state index contributed by atoms with van der Waals surface area (Å²) in [5, 5.41) is 9.64. The van der Waals surface area contributed by atoms with Crippen LogP contribution in [0.15, 0.2) is 59.4 Å². The molecule has 0 amide bonds. The van der Waals surface area contributed by atoms with Crippen LogP contribution in [0.3, 0.4) is 0 Å². The lowest BCUT2D eigenvalue weighted by Crippen LogP contribution is -2.29. The van der Waals surface area contributed by atoms with Gasteiger partial charge >= 0.3 is 5.97 Å². The zero-order valence-corrected chi connectivity index (χ0v) is 16.9. The highest BCUT2D eigenvalue weighted by atomic mass is 19.1. The van der Waals surface area contributed by atoms with Gasteiger partial charge in [0.1, 0.15) is 11.4 Å². The molecule has 0 radical (unpaired) electrons. The van der Waals surface area contributed by atoms with Crippen molar-refractivity contribution < 1.29 is 14.3 Å². The molecular weight excluding hydrogens is 383 g/mol. The number of benzene rings is 2. The molecule has 1 fully saturated rings. The van der Waals surface area contributed by atoms with Gasteiger partial charge in [0.25, 0.3) is 5.56 Å². The van der Waals surface area contributed by atoms with Crippen LogP contribution < -0.4 is 10.5 Å². The quantitative estimate of drug-likeness (QED) is 0.655. The van der Waals surface area contributed by atoms with E-state index in [9.17, 15) is 19.1 Å². The third-order valence-electron chi connectivity index (χ3n) is 5.47. The average Bonchev–Trinajstić information content (AvgIpc) is 3.54. The maximum absolute atomic E-state index is 13.5. The minimum atomic E-state index is -1.26. The van der Waals surface area contributed by atoms with E-state index in [1.54, 1.807) is 16.7 Å². The fraction of sp³-hybridized carbons (Fsp3) is 0.250. The highest BCUT2D eigenvalue weighted by molar-refractivity contribution is 5.92. The van der Waals surface area contributed by atoms with Crippen molar-refractivity contribution in [2.45, 2.75) is 19.4 Å². The summed E-state index contributed by atoms with van der Waals surface area (Å²) in [4.78, 5) is 26.9. The van der Waals surface area contributed by atoms with Gasteiger partial charge in [-0.25, -0.2) is 9.18 Å². The number of nitrogens with zero attached hydrogens (tertiary/aromatic N) is 2. The Hall–Kier alpha value is -3.41. The summed E-state index contributed by atoms with van der Waals surface area (Å²) in [6.45, 7) is 0.471. The summed E-state index contributed by atoms with van der Waals surface area (Å²) in [5.41, 5.74) is 2.97. The maximum atomic E-state index is 13.5. The summed E-state index contributed by atoms with van der Waals surface area (Å²) in [6, 6.07) is 15.1. The van der Waals surface area contributed by atoms with Crippen LogP contribution in [-0.4, -0.2) is 29.7 Å². The molecule has 0 saturated heterocycles. The fourth-order valence-corrected chi connectivity index (χ4v) is 3.63. The van der Waals surface area contributed by atoms with Crippen LogP contribution in [-0.2, 0) is 6.54 Å². The molecule has 2 aromatic carbocycles. The van der Waals surface area contributed by atoms with Gasteiger partial charge in [-0.3, -0.25) is 4.79 Å². The molecule has 154 valence electrons. The molecule has 0 unspecified atom stereocenters. The van der Waals surface area contributed by atoms with Crippen molar-refractivity contribution in [1.82, 2.24) is 4.57 Å². The average molecular weight is 406 g/mol. The molecule has 6 heteroatoms. The SMILES string of the molecule is CN(C)c1ccc(-c2c(-c3ccc(F)cc3)cc(C(=O)O)c(=O)n2CC2CC2)cc1. The molecule has 1 N–H and O–H groups in total. The number of hydrogen-bond acceptors (Lipinski definition) is 3. The van der Waals surface area contributed by atoms with Gasteiger partial charge < -0.3 is 14.6 Å². The van der Waals surface area contributed by atoms with E-state index < -0.39 is 11.5 Å². The second-order valence-corrected chi connectivity index (χ2v) is 7.93. The van der Waals surface area contributed by atoms with Crippen molar-refractivity contribution in [3.63, 3.8) is 0 Å². The first-order valence-corrected chi connectivity index (χ1v) is 9.90. The van der Waals surface area contributed by atoms with Crippen LogP contribution in [0, 0.1) is 11.7 Å². The van der Waals surface area contributed by atoms with Crippen molar-refractivity contribution >= 4 is 11.7 Å². The Bertz CT molecular complexity index is 1140. The lowest BCUT2D eigenvalue weighted by Gasteiger charge is -2.20. The van der Waals surface area contributed by atoms with E-state index >= 15 is 0 Å². The number of aromatic nitrogens is 1. The van der Waals surface area contributed by atoms with Crippen LogP contribution in [0.5, 0.6) is 0 Å². The van der Waals surface area contributed by atoms with E-state index in [1.165, 1.54) is 18.2 Å². The van der Waals surface area contributed by atoms with Crippen LogP contribution >= 0.6 is 0 Å². The summed E-state index contributed by atoms with van der Waals surface area (Å²) >= 11 is 0. The first kappa shape index (κ1) is 19.9. The smallest absolute Gasteiger partial charge is 0.341 e. The molecular formula is C24H23FN2O3. The highest BCUT2D eigenvalue weighted by Gasteiger charge is 2.27. The standard InChI is InChI=1S/C24H23FN2O3/c1-26(2)19-11-7-17(8-12-19)22-20(16-5-9-18(25)10-6-16)13-21(24(29)30)23(28)27(22)14-15-3-4-15/h5-13,15H,3-4,14H2,1-2H3,(H,29,30). The molecule has 1 saturated carbocycles. The number of rotatable bonds is 6. The Kier molecular flexibility index (Phi) is 5.16. The fourth-order valence-electron chi connectivity index (χ4n) is 3.63. The lowest BCUT2D eigenvalue weighted by molar-refractivity contribution is 0.0694. The number of hydrogen-bond donors (Lipinski definition) is 1. The van der Waals surface area contributed by atoms with E-state index in [-0.39, 0.29) is 11.4 Å². The van der Waals surface area contributed by atoms with Gasteiger partial charge in [0.2, 0.25) is 0 Å². The van der Waals surface area contributed by atoms with Gasteiger partial charge in [-0.2, -0.15) is 0 Å². The van der Waals surface area contributed by atoms with Gasteiger partial charge in [-0.05, 0) is 60.2 Å². The second kappa shape index (κ2) is 7.78. The number of carboxylic acids is 1. The molecule has 0 spiro atoms. The lowest BCUT2D eigenvalue weighted by atomic mass is 9.96. The van der Waals surface area contributed by atoms with Crippen molar-refractivity contribution in [3.8, 4) is 22.4 Å². The largest absolute Gasteiger partial charge is 0.477 e. The Morgan fingerprint density at radius 2 is 1.67 bits per heavy atom. The summed E-state index contributed by atoms with van der Waals surface area (Å²) in [5.74, 6) is -1.27. The zero-order chi connectivity index (χ0) is 21.4. The molecule has 0 atom stereocenters. The molecule has 4 rings (SSSR count). The molecule has 1 aromatic heterocycles. The Morgan fingerprint density at radius 3 is 2.20 bits per heavy atom. The van der Waals surface area contributed by atoms with E-state index in [0.717, 1.165) is 24.1 Å². The Labute approximate surface area is 174 Å². The monoisotopic (exact) mass is 406 g/mol. The number of carbonyl (C=O) groups is 1. The van der Waals surface area contributed by atoms with E-state index in [1.807, 2.05) is 43.3 Å². The Balaban J connectivity index is 2.00. The van der Waals surface area contributed by atoms with Crippen LogP contribution in [0.1, 0.15) is 23.2 Å². The second-order valence-electron chi connectivity index (χ2n) is 7.93. The van der Waals surface area contributed by atoms with E-state index in [0.29, 0.717) is 29.3 Å². The number of halogens is 1. The van der Waals surface area contributed by atoms with Crippen LogP contribution in [0.4, 0.5) is 10.1 Å². The number of aromatic carboxylic acids is 1. The normalized spacial score (nSPS) is 13.3. The molecule has 0 bridgehead atoms. The summed E-state index contributed by atoms with van der Waals surface area (Å²) in [6.07, 6.45) is 2.04. The maximum Gasteiger partial charge on any atom is 0.341 e. The first-order chi connectivity index (χ1) is 14.3. The third-order valence-corrected chi connectivity index (χ3v) is 5.47. The van der Waals surface area contributed by atoms with Gasteiger partial charge in [0.05, 0.1) is 5.69 Å². The van der Waals surface area contributed by atoms with Crippen molar-refractivity contribution in [2.24, 2.45) is 5.92 Å². The van der Waals surface area contributed by atoms with Crippen molar-refractivity contribution in [2.75, 3.05) is 19.0 Å². The van der Waals surface area contributed by atoms with Crippen LogP contribution in [0.25, 0.3) is 22.4 Å². The number of carboxylic acid groups (broad SMARTS) is 1. The first-order valence-electron chi connectivity index (χ1n) is 9.90. The molecule has 30 heavy (non-hydrogen) atoms. The van der Waals surface area contributed by atoms with E-state index in [2.05, 4.69) is 0 Å². The predicted molar refractivity (Wildman–Crippen MR) is 116 cm³/mol. The molecule has 1 heterocycles.